The maximum Gasteiger partial charge on any atom is 0.141 e. The van der Waals surface area contributed by atoms with Crippen molar-refractivity contribution in [2.45, 2.75) is 25.8 Å². The number of ketones is 1. The average Bonchev–Trinajstić information content (AvgIpc) is 3.60. The number of carbonyl (C=O) groups is 1. The Morgan fingerprint density at radius 1 is 1.00 bits per heavy atom. The van der Waals surface area contributed by atoms with Crippen molar-refractivity contribution in [3.8, 4) is 11.1 Å². The van der Waals surface area contributed by atoms with Crippen molar-refractivity contribution in [1.29, 1.82) is 0 Å². The molecule has 1 aliphatic heterocycles. The van der Waals surface area contributed by atoms with Crippen molar-refractivity contribution >= 4 is 16.6 Å². The van der Waals surface area contributed by atoms with E-state index < -0.39 is 0 Å². The molecule has 2 aliphatic rings. The van der Waals surface area contributed by atoms with Gasteiger partial charge in [-0.3, -0.25) is 19.7 Å². The minimum atomic E-state index is 0.277. The molecule has 3 heterocycles. The molecule has 5 rings (SSSR count). The first-order chi connectivity index (χ1) is 14.2. The van der Waals surface area contributed by atoms with Crippen LogP contribution in [0.2, 0.25) is 0 Å². The van der Waals surface area contributed by atoms with Crippen LogP contribution in [0.15, 0.2) is 48.9 Å². The summed E-state index contributed by atoms with van der Waals surface area (Å²) < 4.78 is 5.44. The largest absolute Gasteiger partial charge is 0.379 e. The number of Topliss-reactive ketones (excluding diaryl/α,β-unsaturated/α-hetero) is 1. The minimum Gasteiger partial charge on any atom is -0.379 e. The lowest BCUT2D eigenvalue weighted by molar-refractivity contribution is -0.119. The molecule has 0 amide bonds. The number of hydrogen-bond donors (Lipinski definition) is 0. The Kier molecular flexibility index (Phi) is 5.08. The Hall–Kier alpha value is -2.63. The summed E-state index contributed by atoms with van der Waals surface area (Å²) in [5, 5.41) is 2.21. The number of hydrogen-bond acceptors (Lipinski definition) is 5. The molecule has 1 saturated heterocycles. The van der Waals surface area contributed by atoms with E-state index in [1.807, 2.05) is 18.6 Å². The number of rotatable bonds is 6. The highest BCUT2D eigenvalue weighted by molar-refractivity contribution is 5.89. The lowest BCUT2D eigenvalue weighted by Crippen LogP contribution is -2.35. The molecule has 5 heteroatoms. The lowest BCUT2D eigenvalue weighted by atomic mass is 10.0. The topological polar surface area (TPSA) is 55.3 Å². The van der Waals surface area contributed by atoms with Gasteiger partial charge in [0.25, 0.3) is 0 Å². The van der Waals surface area contributed by atoms with Crippen molar-refractivity contribution in [1.82, 2.24) is 14.9 Å². The number of nitrogens with zero attached hydrogens (tertiary/aromatic N) is 3. The smallest absolute Gasteiger partial charge is 0.141 e. The van der Waals surface area contributed by atoms with Gasteiger partial charge in [-0.15, -0.1) is 0 Å². The van der Waals surface area contributed by atoms with E-state index in [1.54, 1.807) is 0 Å². The molecule has 148 valence electrons. The maximum absolute atomic E-state index is 12.1. The molecule has 0 N–H and O–H groups in total. The fraction of sp³-hybridized carbons (Fsp3) is 0.375. The van der Waals surface area contributed by atoms with E-state index in [0.29, 0.717) is 12.2 Å². The van der Waals surface area contributed by atoms with Crippen LogP contribution in [0.4, 0.5) is 0 Å². The molecule has 0 bridgehead atoms. The fourth-order valence-electron chi connectivity index (χ4n) is 3.94. The van der Waals surface area contributed by atoms with Crippen molar-refractivity contribution in [2.24, 2.45) is 5.92 Å². The van der Waals surface area contributed by atoms with Crippen LogP contribution < -0.4 is 0 Å². The van der Waals surface area contributed by atoms with E-state index >= 15 is 0 Å². The number of benzene rings is 1. The van der Waals surface area contributed by atoms with Crippen molar-refractivity contribution in [3.63, 3.8) is 0 Å². The molecule has 0 radical (unpaired) electrons. The first-order valence-corrected chi connectivity index (χ1v) is 10.4. The van der Waals surface area contributed by atoms with Gasteiger partial charge in [0.05, 0.1) is 13.2 Å². The summed E-state index contributed by atoms with van der Waals surface area (Å²) in [6, 6.07) is 10.7. The van der Waals surface area contributed by atoms with Crippen molar-refractivity contribution in [2.75, 3.05) is 26.3 Å². The van der Waals surface area contributed by atoms with E-state index in [4.69, 9.17) is 4.74 Å². The maximum atomic E-state index is 12.1. The molecule has 0 unspecified atom stereocenters. The number of fused-ring (bicyclic) bond motifs is 1. The van der Waals surface area contributed by atoms with Crippen LogP contribution in [0.3, 0.4) is 0 Å². The second-order valence-electron chi connectivity index (χ2n) is 8.13. The molecule has 0 atom stereocenters. The van der Waals surface area contributed by atoms with Gasteiger partial charge in [0.15, 0.2) is 0 Å². The fourth-order valence-corrected chi connectivity index (χ4v) is 3.94. The Morgan fingerprint density at radius 2 is 1.86 bits per heavy atom. The summed E-state index contributed by atoms with van der Waals surface area (Å²) in [5.41, 5.74) is 4.34. The standard InChI is InChI=1S/C24H25N3O2/c28-24(18-1-2-18)12-23-11-21-10-19(3-4-20(21)15-26-23)22-9-17(13-25-14-22)16-27-5-7-29-8-6-27/h3-4,9-11,13-15,18H,1-2,5-8,12,16H2. The van der Waals surface area contributed by atoms with Crippen LogP contribution in [0, 0.1) is 5.92 Å². The first kappa shape index (κ1) is 18.4. The summed E-state index contributed by atoms with van der Waals surface area (Å²) in [6.07, 6.45) is 8.28. The Bertz CT molecular complexity index is 1040. The molecule has 1 aromatic carbocycles. The summed E-state index contributed by atoms with van der Waals surface area (Å²) in [6.45, 7) is 4.44. The van der Waals surface area contributed by atoms with Crippen LogP contribution in [0.1, 0.15) is 24.1 Å². The molecule has 1 saturated carbocycles. The monoisotopic (exact) mass is 387 g/mol. The average molecular weight is 387 g/mol. The minimum absolute atomic E-state index is 0.277. The number of morpholine rings is 1. The summed E-state index contributed by atoms with van der Waals surface area (Å²) in [7, 11) is 0. The number of ether oxygens (including phenoxy) is 1. The highest BCUT2D eigenvalue weighted by Crippen LogP contribution is 2.31. The van der Waals surface area contributed by atoms with Gasteiger partial charge in [-0.25, -0.2) is 0 Å². The molecule has 29 heavy (non-hydrogen) atoms. The van der Waals surface area contributed by atoms with Crippen molar-refractivity contribution < 1.29 is 9.53 Å². The molecule has 1 aliphatic carbocycles. The Balaban J connectivity index is 1.38. The Labute approximate surface area is 170 Å². The van der Waals surface area contributed by atoms with Gasteiger partial charge in [0.2, 0.25) is 0 Å². The van der Waals surface area contributed by atoms with Gasteiger partial charge in [-0.1, -0.05) is 12.1 Å². The third kappa shape index (κ3) is 4.36. The van der Waals surface area contributed by atoms with E-state index in [1.165, 1.54) is 5.56 Å². The van der Waals surface area contributed by atoms with Gasteiger partial charge in [-0.05, 0) is 47.6 Å². The van der Waals surface area contributed by atoms with Crippen LogP contribution in [-0.4, -0.2) is 47.0 Å². The summed E-state index contributed by atoms with van der Waals surface area (Å²) in [4.78, 5) is 23.5. The van der Waals surface area contributed by atoms with Gasteiger partial charge in [0, 0.05) is 67.2 Å². The van der Waals surface area contributed by atoms with Crippen LogP contribution in [0.25, 0.3) is 21.9 Å². The van der Waals surface area contributed by atoms with E-state index in [9.17, 15) is 4.79 Å². The molecule has 0 spiro atoms. The molecular formula is C24H25N3O2. The summed E-state index contributed by atoms with van der Waals surface area (Å²) >= 11 is 0. The molecule has 5 nitrogen and oxygen atoms in total. The van der Waals surface area contributed by atoms with Gasteiger partial charge >= 0.3 is 0 Å². The van der Waals surface area contributed by atoms with E-state index in [2.05, 4.69) is 45.2 Å². The predicted molar refractivity (Wildman–Crippen MR) is 113 cm³/mol. The van der Waals surface area contributed by atoms with Gasteiger partial charge < -0.3 is 4.74 Å². The predicted octanol–water partition coefficient (Wildman–Crippen LogP) is 3.65. The molecule has 2 fully saturated rings. The highest BCUT2D eigenvalue weighted by Gasteiger charge is 2.29. The molecule has 3 aromatic rings. The van der Waals surface area contributed by atoms with Crippen LogP contribution in [0.5, 0.6) is 0 Å². The SMILES string of the molecule is O=C(Cc1cc2cc(-c3cncc(CN4CCOCC4)c3)ccc2cn1)C1CC1. The molecular weight excluding hydrogens is 362 g/mol. The normalized spacial score (nSPS) is 17.5. The zero-order valence-corrected chi connectivity index (χ0v) is 16.5. The first-order valence-electron chi connectivity index (χ1n) is 10.4. The van der Waals surface area contributed by atoms with E-state index in [-0.39, 0.29) is 5.92 Å². The number of carbonyl (C=O) groups excluding carboxylic acids is 1. The van der Waals surface area contributed by atoms with Crippen LogP contribution >= 0.6 is 0 Å². The van der Waals surface area contributed by atoms with Gasteiger partial charge in [-0.2, -0.15) is 0 Å². The van der Waals surface area contributed by atoms with Crippen molar-refractivity contribution in [3.05, 3.63) is 60.2 Å². The number of aromatic nitrogens is 2. The second-order valence-corrected chi connectivity index (χ2v) is 8.13. The Morgan fingerprint density at radius 3 is 2.69 bits per heavy atom. The van der Waals surface area contributed by atoms with E-state index in [0.717, 1.165) is 73.3 Å². The zero-order chi connectivity index (χ0) is 19.6. The molecule has 2 aromatic heterocycles. The van der Waals surface area contributed by atoms with Gasteiger partial charge in [0.1, 0.15) is 5.78 Å². The third-order valence-corrected chi connectivity index (χ3v) is 5.80. The summed E-state index contributed by atoms with van der Waals surface area (Å²) in [5.74, 6) is 0.604. The lowest BCUT2D eigenvalue weighted by Gasteiger charge is -2.26. The zero-order valence-electron chi connectivity index (χ0n) is 16.5. The quantitative estimate of drug-likeness (QED) is 0.646. The number of pyridine rings is 2. The highest BCUT2D eigenvalue weighted by atomic mass is 16.5. The van der Waals surface area contributed by atoms with Crippen LogP contribution in [-0.2, 0) is 22.5 Å². The second kappa shape index (κ2) is 8.01. The third-order valence-electron chi connectivity index (χ3n) is 5.80.